The molecule has 2 aliphatic heterocycles. The minimum Gasteiger partial charge on any atom is -0.493 e. The molecule has 156 valence electrons. The van der Waals surface area contributed by atoms with Crippen LogP contribution < -0.4 is 9.47 Å². The van der Waals surface area contributed by atoms with Gasteiger partial charge < -0.3 is 23.8 Å². The van der Waals surface area contributed by atoms with E-state index < -0.39 is 0 Å². The van der Waals surface area contributed by atoms with Gasteiger partial charge in [-0.3, -0.25) is 4.79 Å². The number of carbonyl (C=O) groups excluding carboxylic acids is 1. The molecular formula is C22H33NO5. The summed E-state index contributed by atoms with van der Waals surface area (Å²) < 4.78 is 22.6. The summed E-state index contributed by atoms with van der Waals surface area (Å²) in [5.74, 6) is 1.51. The molecule has 1 atom stereocenters. The van der Waals surface area contributed by atoms with Crippen molar-refractivity contribution >= 4 is 5.91 Å². The summed E-state index contributed by atoms with van der Waals surface area (Å²) >= 11 is 0. The first kappa shape index (κ1) is 20.9. The third-order valence-electron chi connectivity index (χ3n) is 5.33. The monoisotopic (exact) mass is 391 g/mol. The highest BCUT2D eigenvalue weighted by Crippen LogP contribution is 2.33. The van der Waals surface area contributed by atoms with E-state index in [0.29, 0.717) is 44.4 Å². The Morgan fingerprint density at radius 1 is 1.32 bits per heavy atom. The Morgan fingerprint density at radius 2 is 2.11 bits per heavy atom. The lowest BCUT2D eigenvalue weighted by Gasteiger charge is -2.37. The van der Waals surface area contributed by atoms with Crippen LogP contribution in [0, 0.1) is 11.3 Å². The van der Waals surface area contributed by atoms with Crippen LogP contribution in [0.3, 0.4) is 0 Å². The van der Waals surface area contributed by atoms with Crippen molar-refractivity contribution in [3.8, 4) is 11.5 Å². The molecule has 2 heterocycles. The van der Waals surface area contributed by atoms with Crippen LogP contribution in [-0.4, -0.2) is 57.0 Å². The van der Waals surface area contributed by atoms with Crippen molar-refractivity contribution in [3.63, 3.8) is 0 Å². The molecule has 0 radical (unpaired) electrons. The Balaban J connectivity index is 1.71. The predicted molar refractivity (Wildman–Crippen MR) is 107 cm³/mol. The number of ether oxygens (including phenoxy) is 4. The number of carbonyl (C=O) groups is 1. The second kappa shape index (κ2) is 9.14. The zero-order valence-corrected chi connectivity index (χ0v) is 17.5. The van der Waals surface area contributed by atoms with E-state index >= 15 is 0 Å². The summed E-state index contributed by atoms with van der Waals surface area (Å²) in [4.78, 5) is 14.7. The summed E-state index contributed by atoms with van der Waals surface area (Å²) in [6.07, 6.45) is 2.21. The SMILES string of the molecule is COc1ccc(CN(C[C@H]2CCCO2)C(=O)C(C)C)cc1OCC1(C)COC1. The molecule has 2 saturated heterocycles. The summed E-state index contributed by atoms with van der Waals surface area (Å²) in [6.45, 7) is 10.0. The topological polar surface area (TPSA) is 57.2 Å². The van der Waals surface area contributed by atoms with Gasteiger partial charge in [-0.05, 0) is 30.5 Å². The largest absolute Gasteiger partial charge is 0.493 e. The quantitative estimate of drug-likeness (QED) is 0.647. The number of methoxy groups -OCH3 is 1. The van der Waals surface area contributed by atoms with E-state index in [-0.39, 0.29) is 23.3 Å². The number of benzene rings is 1. The van der Waals surface area contributed by atoms with E-state index in [2.05, 4.69) is 6.92 Å². The molecule has 1 amide bonds. The number of rotatable bonds is 9. The highest BCUT2D eigenvalue weighted by molar-refractivity contribution is 5.78. The first-order valence-corrected chi connectivity index (χ1v) is 10.2. The zero-order chi connectivity index (χ0) is 20.1. The molecule has 28 heavy (non-hydrogen) atoms. The number of hydrogen-bond donors (Lipinski definition) is 0. The van der Waals surface area contributed by atoms with Crippen LogP contribution >= 0.6 is 0 Å². The van der Waals surface area contributed by atoms with Crippen molar-refractivity contribution in [1.82, 2.24) is 4.90 Å². The fourth-order valence-electron chi connectivity index (χ4n) is 3.57. The Kier molecular flexibility index (Phi) is 6.83. The molecule has 0 aliphatic carbocycles. The third kappa shape index (κ3) is 5.17. The second-order valence-electron chi connectivity index (χ2n) is 8.59. The lowest BCUT2D eigenvalue weighted by molar-refractivity contribution is -0.136. The van der Waals surface area contributed by atoms with Crippen LogP contribution in [0.5, 0.6) is 11.5 Å². The second-order valence-corrected chi connectivity index (χ2v) is 8.59. The Morgan fingerprint density at radius 3 is 2.68 bits per heavy atom. The van der Waals surface area contributed by atoms with Gasteiger partial charge >= 0.3 is 0 Å². The van der Waals surface area contributed by atoms with Gasteiger partial charge in [-0.1, -0.05) is 26.8 Å². The zero-order valence-electron chi connectivity index (χ0n) is 17.5. The van der Waals surface area contributed by atoms with E-state index in [0.717, 1.165) is 25.0 Å². The normalized spacial score (nSPS) is 20.7. The molecule has 1 aromatic carbocycles. The standard InChI is InChI=1S/C22H33NO5/c1-16(2)21(24)23(12-18-6-5-9-27-18)11-17-7-8-19(25-4)20(10-17)28-15-22(3)13-26-14-22/h7-8,10,16,18H,5-6,9,11-15H2,1-4H3/t18-/m1/s1. The van der Waals surface area contributed by atoms with Gasteiger partial charge in [-0.15, -0.1) is 0 Å². The van der Waals surface area contributed by atoms with E-state index in [1.807, 2.05) is 36.9 Å². The van der Waals surface area contributed by atoms with Crippen molar-refractivity contribution in [2.75, 3.05) is 40.1 Å². The van der Waals surface area contributed by atoms with Gasteiger partial charge in [0.15, 0.2) is 11.5 Å². The van der Waals surface area contributed by atoms with Crippen molar-refractivity contribution in [2.24, 2.45) is 11.3 Å². The summed E-state index contributed by atoms with van der Waals surface area (Å²) in [7, 11) is 1.64. The molecule has 2 fully saturated rings. The van der Waals surface area contributed by atoms with Gasteiger partial charge in [0.05, 0.1) is 33.0 Å². The van der Waals surface area contributed by atoms with Crippen LogP contribution in [0.15, 0.2) is 18.2 Å². The Bertz CT molecular complexity index is 665. The molecule has 0 unspecified atom stereocenters. The highest BCUT2D eigenvalue weighted by Gasteiger charge is 2.34. The Hall–Kier alpha value is -1.79. The molecule has 2 aliphatic rings. The van der Waals surface area contributed by atoms with E-state index in [1.165, 1.54) is 0 Å². The molecule has 0 N–H and O–H groups in total. The van der Waals surface area contributed by atoms with Crippen molar-refractivity contribution in [3.05, 3.63) is 23.8 Å². The van der Waals surface area contributed by atoms with Crippen molar-refractivity contribution in [1.29, 1.82) is 0 Å². The lowest BCUT2D eigenvalue weighted by Crippen LogP contribution is -2.44. The maximum absolute atomic E-state index is 12.7. The average Bonchev–Trinajstić information content (AvgIpc) is 3.17. The summed E-state index contributed by atoms with van der Waals surface area (Å²) in [5.41, 5.74) is 1.08. The molecule has 1 aromatic rings. The third-order valence-corrected chi connectivity index (χ3v) is 5.33. The fraction of sp³-hybridized carbons (Fsp3) is 0.682. The first-order chi connectivity index (χ1) is 13.4. The Labute approximate surface area is 168 Å². The van der Waals surface area contributed by atoms with Gasteiger partial charge in [0.25, 0.3) is 0 Å². The maximum atomic E-state index is 12.7. The van der Waals surface area contributed by atoms with Crippen molar-refractivity contribution in [2.45, 2.75) is 46.3 Å². The highest BCUT2D eigenvalue weighted by atomic mass is 16.5. The van der Waals surface area contributed by atoms with Gasteiger partial charge in [0.2, 0.25) is 5.91 Å². The summed E-state index contributed by atoms with van der Waals surface area (Å²) in [6, 6.07) is 5.89. The fourth-order valence-corrected chi connectivity index (χ4v) is 3.57. The summed E-state index contributed by atoms with van der Waals surface area (Å²) in [5, 5.41) is 0. The minimum absolute atomic E-state index is 0.0473. The van der Waals surface area contributed by atoms with Crippen molar-refractivity contribution < 1.29 is 23.7 Å². The van der Waals surface area contributed by atoms with Gasteiger partial charge in [-0.2, -0.15) is 0 Å². The molecule has 3 rings (SSSR count). The maximum Gasteiger partial charge on any atom is 0.225 e. The van der Waals surface area contributed by atoms with Gasteiger partial charge in [0.1, 0.15) is 0 Å². The smallest absolute Gasteiger partial charge is 0.225 e. The van der Waals surface area contributed by atoms with Crippen LogP contribution in [-0.2, 0) is 20.8 Å². The van der Waals surface area contributed by atoms with E-state index in [9.17, 15) is 4.79 Å². The predicted octanol–water partition coefficient (Wildman–Crippen LogP) is 3.27. The van der Waals surface area contributed by atoms with Gasteiger partial charge in [0, 0.05) is 31.0 Å². The van der Waals surface area contributed by atoms with Crippen LogP contribution in [0.4, 0.5) is 0 Å². The first-order valence-electron chi connectivity index (χ1n) is 10.2. The van der Waals surface area contributed by atoms with Gasteiger partial charge in [-0.25, -0.2) is 0 Å². The number of nitrogens with zero attached hydrogens (tertiary/aromatic N) is 1. The van der Waals surface area contributed by atoms with E-state index in [4.69, 9.17) is 18.9 Å². The number of amides is 1. The average molecular weight is 392 g/mol. The molecule has 6 heteroatoms. The molecule has 0 bridgehead atoms. The van der Waals surface area contributed by atoms with Crippen LogP contribution in [0.2, 0.25) is 0 Å². The molecule has 0 spiro atoms. The molecule has 0 saturated carbocycles. The van der Waals surface area contributed by atoms with E-state index in [1.54, 1.807) is 7.11 Å². The minimum atomic E-state index is -0.0473. The van der Waals surface area contributed by atoms with Crippen LogP contribution in [0.1, 0.15) is 39.2 Å². The molecular weight excluding hydrogens is 358 g/mol. The lowest BCUT2D eigenvalue weighted by atomic mass is 9.90. The van der Waals surface area contributed by atoms with Crippen LogP contribution in [0.25, 0.3) is 0 Å². The molecule has 6 nitrogen and oxygen atoms in total. The molecule has 0 aromatic heterocycles. The number of hydrogen-bond acceptors (Lipinski definition) is 5.